The molecule has 3 heterocycles. The van der Waals surface area contributed by atoms with E-state index in [0.717, 1.165) is 43.5 Å². The van der Waals surface area contributed by atoms with Gasteiger partial charge in [0.2, 0.25) is 5.89 Å². The van der Waals surface area contributed by atoms with Gasteiger partial charge in [-0.15, -0.1) is 0 Å². The first-order valence-electron chi connectivity index (χ1n) is 9.31. The number of oxazole rings is 1. The van der Waals surface area contributed by atoms with Crippen molar-refractivity contribution in [2.45, 2.75) is 26.9 Å². The number of pyridine rings is 1. The molecule has 1 aliphatic rings. The Morgan fingerprint density at radius 2 is 1.93 bits per heavy atom. The van der Waals surface area contributed by atoms with Gasteiger partial charge >= 0.3 is 0 Å². The molecule has 0 bridgehead atoms. The van der Waals surface area contributed by atoms with Crippen molar-refractivity contribution in [3.63, 3.8) is 0 Å². The molecular formula is C19H29N7O. The van der Waals surface area contributed by atoms with E-state index >= 15 is 0 Å². The fourth-order valence-corrected chi connectivity index (χ4v) is 2.96. The average molecular weight is 371 g/mol. The predicted octanol–water partition coefficient (Wildman–Crippen LogP) is 1.30. The lowest BCUT2D eigenvalue weighted by molar-refractivity contribution is 0.312. The number of aromatic nitrogens is 2. The van der Waals surface area contributed by atoms with Gasteiger partial charge in [0.1, 0.15) is 11.6 Å². The molecule has 2 aromatic heterocycles. The van der Waals surface area contributed by atoms with Crippen molar-refractivity contribution in [3.05, 3.63) is 41.2 Å². The van der Waals surface area contributed by atoms with E-state index in [0.29, 0.717) is 24.9 Å². The number of aryl methyl sites for hydroxylation is 2. The Labute approximate surface area is 160 Å². The third-order valence-electron chi connectivity index (χ3n) is 4.80. The SMILES string of the molecule is CN=C(NCc1ccnc(N2CCN(C)CC2)c1)NCc1nc(C)c(C)o1. The monoisotopic (exact) mass is 371 g/mol. The second kappa shape index (κ2) is 8.85. The molecule has 0 aromatic carbocycles. The van der Waals surface area contributed by atoms with Crippen LogP contribution in [0.3, 0.4) is 0 Å². The molecule has 146 valence electrons. The largest absolute Gasteiger partial charge is 0.444 e. The lowest BCUT2D eigenvalue weighted by Gasteiger charge is -2.33. The molecule has 2 N–H and O–H groups in total. The average Bonchev–Trinajstić information content (AvgIpc) is 3.00. The summed E-state index contributed by atoms with van der Waals surface area (Å²) in [6.07, 6.45) is 1.87. The zero-order valence-corrected chi connectivity index (χ0v) is 16.6. The van der Waals surface area contributed by atoms with E-state index < -0.39 is 0 Å². The molecule has 0 atom stereocenters. The number of rotatable bonds is 5. The number of hydrogen-bond donors (Lipinski definition) is 2. The van der Waals surface area contributed by atoms with Crippen LogP contribution in [0.1, 0.15) is 22.9 Å². The molecule has 8 heteroatoms. The van der Waals surface area contributed by atoms with Crippen molar-refractivity contribution < 1.29 is 4.42 Å². The van der Waals surface area contributed by atoms with Crippen molar-refractivity contribution in [3.8, 4) is 0 Å². The van der Waals surface area contributed by atoms with Gasteiger partial charge in [0.05, 0.1) is 12.2 Å². The summed E-state index contributed by atoms with van der Waals surface area (Å²) in [5.41, 5.74) is 2.09. The van der Waals surface area contributed by atoms with E-state index in [2.05, 4.69) is 48.5 Å². The highest BCUT2D eigenvalue weighted by Gasteiger charge is 2.15. The van der Waals surface area contributed by atoms with Crippen molar-refractivity contribution >= 4 is 11.8 Å². The molecule has 1 saturated heterocycles. The summed E-state index contributed by atoms with van der Waals surface area (Å²) >= 11 is 0. The quantitative estimate of drug-likeness (QED) is 0.606. The lowest BCUT2D eigenvalue weighted by Crippen LogP contribution is -2.44. The standard InChI is InChI=1S/C19H29N7O/c1-14-15(2)27-18(24-14)13-23-19(20-3)22-12-16-5-6-21-17(11-16)26-9-7-25(4)8-10-26/h5-6,11H,7-10,12-13H2,1-4H3,(H2,20,22,23). The van der Waals surface area contributed by atoms with Crippen molar-refractivity contribution in [1.82, 2.24) is 25.5 Å². The smallest absolute Gasteiger partial charge is 0.214 e. The fraction of sp³-hybridized carbons (Fsp3) is 0.526. The van der Waals surface area contributed by atoms with E-state index in [1.54, 1.807) is 7.05 Å². The van der Waals surface area contributed by atoms with Gasteiger partial charge in [-0.05, 0) is 38.6 Å². The predicted molar refractivity (Wildman–Crippen MR) is 107 cm³/mol. The van der Waals surface area contributed by atoms with Crippen LogP contribution in [0, 0.1) is 13.8 Å². The maximum Gasteiger partial charge on any atom is 0.214 e. The molecular weight excluding hydrogens is 342 g/mol. The first kappa shape index (κ1) is 19.2. The van der Waals surface area contributed by atoms with Gasteiger partial charge in [0.25, 0.3) is 0 Å². The molecule has 0 unspecified atom stereocenters. The van der Waals surface area contributed by atoms with Gasteiger partial charge in [-0.1, -0.05) is 0 Å². The van der Waals surface area contributed by atoms with Crippen LogP contribution < -0.4 is 15.5 Å². The molecule has 8 nitrogen and oxygen atoms in total. The minimum Gasteiger partial charge on any atom is -0.444 e. The molecule has 1 aliphatic heterocycles. The molecule has 1 fully saturated rings. The summed E-state index contributed by atoms with van der Waals surface area (Å²) in [7, 11) is 3.91. The molecule has 0 spiro atoms. The number of nitrogens with one attached hydrogen (secondary N) is 2. The second-order valence-corrected chi connectivity index (χ2v) is 6.84. The Hall–Kier alpha value is -2.61. The Morgan fingerprint density at radius 1 is 1.19 bits per heavy atom. The maximum absolute atomic E-state index is 5.59. The van der Waals surface area contributed by atoms with Crippen LogP contribution in [-0.4, -0.2) is 61.1 Å². The number of hydrogen-bond acceptors (Lipinski definition) is 6. The van der Waals surface area contributed by atoms with Crippen LogP contribution >= 0.6 is 0 Å². The summed E-state index contributed by atoms with van der Waals surface area (Å²) in [5, 5.41) is 6.56. The molecule has 3 rings (SSSR count). The van der Waals surface area contributed by atoms with Crippen LogP contribution in [0.25, 0.3) is 0 Å². The third-order valence-corrected chi connectivity index (χ3v) is 4.80. The maximum atomic E-state index is 5.59. The topological polar surface area (TPSA) is 81.8 Å². The number of nitrogens with zero attached hydrogens (tertiary/aromatic N) is 5. The minimum absolute atomic E-state index is 0.497. The van der Waals surface area contributed by atoms with Crippen LogP contribution in [-0.2, 0) is 13.1 Å². The van der Waals surface area contributed by atoms with Gasteiger partial charge in [-0.3, -0.25) is 4.99 Å². The van der Waals surface area contributed by atoms with E-state index in [-0.39, 0.29) is 0 Å². The van der Waals surface area contributed by atoms with Crippen LogP contribution in [0.2, 0.25) is 0 Å². The number of guanidine groups is 1. The zero-order valence-electron chi connectivity index (χ0n) is 16.6. The normalized spacial score (nSPS) is 15.9. The van der Waals surface area contributed by atoms with Crippen molar-refractivity contribution in [2.75, 3.05) is 45.2 Å². The Balaban J connectivity index is 1.52. The number of likely N-dealkylation sites (N-methyl/N-ethyl adjacent to an activating group) is 1. The summed E-state index contributed by atoms with van der Waals surface area (Å²) in [6.45, 7) is 9.19. The minimum atomic E-state index is 0.497. The van der Waals surface area contributed by atoms with E-state index in [4.69, 9.17) is 4.42 Å². The van der Waals surface area contributed by atoms with Gasteiger partial charge in [0, 0.05) is 46.0 Å². The molecule has 0 aliphatic carbocycles. The lowest BCUT2D eigenvalue weighted by atomic mass is 10.2. The summed E-state index contributed by atoms with van der Waals surface area (Å²) in [4.78, 5) is 17.8. The first-order chi connectivity index (χ1) is 13.0. The zero-order chi connectivity index (χ0) is 19.2. The van der Waals surface area contributed by atoms with Gasteiger partial charge in [-0.2, -0.15) is 0 Å². The Bertz CT molecular complexity index is 759. The Kier molecular flexibility index (Phi) is 6.28. The van der Waals surface area contributed by atoms with Crippen molar-refractivity contribution in [2.24, 2.45) is 4.99 Å². The summed E-state index contributed by atoms with van der Waals surface area (Å²) in [5.74, 6) is 3.26. The van der Waals surface area contributed by atoms with E-state index in [9.17, 15) is 0 Å². The van der Waals surface area contributed by atoms with Gasteiger partial charge < -0.3 is 24.9 Å². The summed E-state index contributed by atoms with van der Waals surface area (Å²) in [6, 6.07) is 4.17. The fourth-order valence-electron chi connectivity index (χ4n) is 2.96. The molecule has 0 amide bonds. The molecule has 2 aromatic rings. The van der Waals surface area contributed by atoms with E-state index in [1.165, 1.54) is 5.56 Å². The molecule has 0 radical (unpaired) electrons. The first-order valence-corrected chi connectivity index (χ1v) is 9.31. The highest BCUT2D eigenvalue weighted by Crippen LogP contribution is 2.14. The van der Waals surface area contributed by atoms with Crippen LogP contribution in [0.5, 0.6) is 0 Å². The summed E-state index contributed by atoms with van der Waals surface area (Å²) < 4.78 is 5.59. The third kappa shape index (κ3) is 5.19. The molecule has 0 saturated carbocycles. The number of anilines is 1. The van der Waals surface area contributed by atoms with Gasteiger partial charge in [0.15, 0.2) is 5.96 Å². The van der Waals surface area contributed by atoms with Gasteiger partial charge in [-0.25, -0.2) is 9.97 Å². The van der Waals surface area contributed by atoms with Crippen LogP contribution in [0.4, 0.5) is 5.82 Å². The second-order valence-electron chi connectivity index (χ2n) is 6.84. The van der Waals surface area contributed by atoms with Crippen LogP contribution in [0.15, 0.2) is 27.7 Å². The van der Waals surface area contributed by atoms with E-state index in [1.807, 2.05) is 26.1 Å². The highest BCUT2D eigenvalue weighted by molar-refractivity contribution is 5.79. The number of piperazine rings is 1. The molecule has 27 heavy (non-hydrogen) atoms. The van der Waals surface area contributed by atoms with Crippen molar-refractivity contribution in [1.29, 1.82) is 0 Å². The highest BCUT2D eigenvalue weighted by atomic mass is 16.4. The Morgan fingerprint density at radius 3 is 2.59 bits per heavy atom. The number of aliphatic imine (C=N–C) groups is 1.